The van der Waals surface area contributed by atoms with E-state index in [9.17, 15) is 10.1 Å². The Kier molecular flexibility index (Phi) is 4.82. The zero-order chi connectivity index (χ0) is 21.7. The van der Waals surface area contributed by atoms with Crippen LogP contribution in [-0.4, -0.2) is 24.2 Å². The zero-order valence-corrected chi connectivity index (χ0v) is 18.7. The molecular weight excluding hydrogens is 394 g/mol. The van der Waals surface area contributed by atoms with Crippen LogP contribution < -0.4 is 4.90 Å². The fraction of sp³-hybridized carbons (Fsp3) is 0.536. The van der Waals surface area contributed by atoms with Gasteiger partial charge in [0.05, 0.1) is 12.1 Å². The van der Waals surface area contributed by atoms with E-state index in [1.54, 1.807) is 0 Å². The Bertz CT molecular complexity index is 1080. The Morgan fingerprint density at radius 3 is 2.75 bits per heavy atom. The molecule has 2 fully saturated rings. The van der Waals surface area contributed by atoms with Gasteiger partial charge in [-0.2, -0.15) is 5.26 Å². The maximum atomic E-state index is 12.8. The lowest BCUT2D eigenvalue weighted by Gasteiger charge is -2.44. The number of carbonyl (C=O) groups excluding carboxylic acids is 1. The average Bonchev–Trinajstić information content (AvgIpc) is 3.64. The van der Waals surface area contributed by atoms with Crippen LogP contribution in [-0.2, 0) is 16.6 Å². The third-order valence-electron chi connectivity index (χ3n) is 8.39. The monoisotopic (exact) mass is 425 g/mol. The van der Waals surface area contributed by atoms with E-state index in [1.807, 2.05) is 6.08 Å². The first-order chi connectivity index (χ1) is 15.7. The molecule has 0 bridgehead atoms. The highest BCUT2D eigenvalue weighted by atomic mass is 16.2. The number of fused-ring (bicyclic) bond motifs is 2. The molecule has 1 aromatic rings. The van der Waals surface area contributed by atoms with Gasteiger partial charge in [-0.3, -0.25) is 9.79 Å². The molecule has 5 aliphatic rings. The van der Waals surface area contributed by atoms with Crippen molar-refractivity contribution >= 4 is 17.3 Å². The minimum atomic E-state index is 0.0692. The first-order valence-corrected chi connectivity index (χ1v) is 12.5. The van der Waals surface area contributed by atoms with Gasteiger partial charge in [0.2, 0.25) is 5.91 Å². The smallest absolute Gasteiger partial charge is 0.230 e. The lowest BCUT2D eigenvalue weighted by molar-refractivity contribution is -0.119. The standard InChI is InChI=1S/C28H31N3O/c29-18-19-7-11-24-21(16-19)4-1-6-26(30-24)28(13-3-14-28)23-10-12-25-22(17-23)5-2-15-31(25)27(32)20-8-9-20/h7,10-12,16-17,20-21,24H,1-6,8-9,13-15H2. The van der Waals surface area contributed by atoms with Crippen LogP contribution >= 0.6 is 0 Å². The molecule has 2 saturated carbocycles. The molecule has 0 radical (unpaired) electrons. The molecule has 1 amide bonds. The van der Waals surface area contributed by atoms with Gasteiger partial charge in [-0.25, -0.2) is 0 Å². The van der Waals surface area contributed by atoms with Gasteiger partial charge in [0.1, 0.15) is 0 Å². The minimum absolute atomic E-state index is 0.0692. The fourth-order valence-corrected chi connectivity index (χ4v) is 6.26. The summed E-state index contributed by atoms with van der Waals surface area (Å²) in [6.45, 7) is 0.868. The Morgan fingerprint density at radius 2 is 2.00 bits per heavy atom. The number of aliphatic imine (C=N–C) groups is 1. The van der Waals surface area contributed by atoms with Gasteiger partial charge in [-0.15, -0.1) is 0 Å². The van der Waals surface area contributed by atoms with Crippen LogP contribution in [0.5, 0.6) is 0 Å². The summed E-state index contributed by atoms with van der Waals surface area (Å²) in [5.74, 6) is 0.964. The molecule has 2 heterocycles. The highest BCUT2D eigenvalue weighted by Crippen LogP contribution is 2.49. The molecule has 4 nitrogen and oxygen atoms in total. The summed E-state index contributed by atoms with van der Waals surface area (Å²) < 4.78 is 0. The summed E-state index contributed by atoms with van der Waals surface area (Å²) in [7, 11) is 0. The number of benzene rings is 1. The first kappa shape index (κ1) is 20.0. The second kappa shape index (κ2) is 7.73. The molecule has 2 aliphatic heterocycles. The zero-order valence-electron chi connectivity index (χ0n) is 18.7. The second-order valence-corrected chi connectivity index (χ2v) is 10.4. The van der Waals surface area contributed by atoms with Crippen LogP contribution in [0.4, 0.5) is 5.69 Å². The lowest BCUT2D eigenvalue weighted by Crippen LogP contribution is -2.43. The van der Waals surface area contributed by atoms with Crippen LogP contribution in [0.25, 0.3) is 0 Å². The number of aryl methyl sites for hydroxylation is 1. The van der Waals surface area contributed by atoms with Crippen molar-refractivity contribution in [3.05, 3.63) is 53.1 Å². The molecule has 2 atom stereocenters. The number of allylic oxidation sites excluding steroid dienone is 2. The largest absolute Gasteiger partial charge is 0.312 e. The van der Waals surface area contributed by atoms with Crippen molar-refractivity contribution in [2.75, 3.05) is 11.4 Å². The molecular formula is C28H31N3O. The van der Waals surface area contributed by atoms with Gasteiger partial charge in [0.15, 0.2) is 0 Å². The average molecular weight is 426 g/mol. The Balaban J connectivity index is 1.33. The SMILES string of the molecule is N#CC1=CC2CCCC(C3(c4ccc5c(c4)CCCN5C(=O)C4CC4)CCC3)=NC2C=C1. The second-order valence-electron chi connectivity index (χ2n) is 10.4. The number of hydrogen-bond acceptors (Lipinski definition) is 3. The number of hydrogen-bond donors (Lipinski definition) is 0. The van der Waals surface area contributed by atoms with Crippen molar-refractivity contribution in [1.82, 2.24) is 0 Å². The molecule has 0 saturated heterocycles. The Morgan fingerprint density at radius 1 is 1.12 bits per heavy atom. The predicted molar refractivity (Wildman–Crippen MR) is 127 cm³/mol. The van der Waals surface area contributed by atoms with Gasteiger partial charge in [0, 0.05) is 40.8 Å². The van der Waals surface area contributed by atoms with E-state index in [2.05, 4.69) is 41.3 Å². The molecule has 0 spiro atoms. The Labute approximate surface area is 190 Å². The Hall–Kier alpha value is -2.67. The van der Waals surface area contributed by atoms with E-state index < -0.39 is 0 Å². The van der Waals surface area contributed by atoms with Gasteiger partial charge in [0.25, 0.3) is 0 Å². The molecule has 3 aliphatic carbocycles. The summed E-state index contributed by atoms with van der Waals surface area (Å²) >= 11 is 0. The molecule has 1 aromatic carbocycles. The predicted octanol–water partition coefficient (Wildman–Crippen LogP) is 5.43. The number of carbonyl (C=O) groups is 1. The van der Waals surface area contributed by atoms with Crippen LogP contribution in [0.2, 0.25) is 0 Å². The molecule has 4 heteroatoms. The van der Waals surface area contributed by atoms with Gasteiger partial charge >= 0.3 is 0 Å². The maximum absolute atomic E-state index is 12.8. The molecule has 0 aromatic heterocycles. The molecule has 0 N–H and O–H groups in total. The third kappa shape index (κ3) is 3.25. The van der Waals surface area contributed by atoms with Gasteiger partial charge in [-0.05, 0) is 81.1 Å². The van der Waals surface area contributed by atoms with E-state index >= 15 is 0 Å². The van der Waals surface area contributed by atoms with E-state index in [1.165, 1.54) is 36.1 Å². The molecule has 32 heavy (non-hydrogen) atoms. The minimum Gasteiger partial charge on any atom is -0.312 e. The van der Waals surface area contributed by atoms with Crippen molar-refractivity contribution in [2.45, 2.75) is 75.7 Å². The van der Waals surface area contributed by atoms with E-state index in [4.69, 9.17) is 4.99 Å². The number of nitrogens with zero attached hydrogens (tertiary/aromatic N) is 3. The lowest BCUT2D eigenvalue weighted by atomic mass is 9.60. The number of amides is 1. The number of nitriles is 1. The van der Waals surface area contributed by atoms with Crippen molar-refractivity contribution < 1.29 is 4.79 Å². The van der Waals surface area contributed by atoms with Crippen molar-refractivity contribution in [3.63, 3.8) is 0 Å². The van der Waals surface area contributed by atoms with Gasteiger partial charge in [-0.1, -0.05) is 30.7 Å². The first-order valence-electron chi connectivity index (χ1n) is 12.5. The summed E-state index contributed by atoms with van der Waals surface area (Å²) in [4.78, 5) is 20.2. The molecule has 6 rings (SSSR count). The van der Waals surface area contributed by atoms with E-state index in [0.29, 0.717) is 11.8 Å². The van der Waals surface area contributed by atoms with Crippen molar-refractivity contribution in [2.24, 2.45) is 16.8 Å². The third-order valence-corrected chi connectivity index (χ3v) is 8.39. The molecule has 164 valence electrons. The van der Waals surface area contributed by atoms with Gasteiger partial charge < -0.3 is 4.90 Å². The summed E-state index contributed by atoms with van der Waals surface area (Å²) in [6, 6.07) is 9.41. The number of anilines is 1. The highest BCUT2D eigenvalue weighted by molar-refractivity contribution is 5.99. The summed E-state index contributed by atoms with van der Waals surface area (Å²) in [5, 5.41) is 9.28. The maximum Gasteiger partial charge on any atom is 0.230 e. The normalized spacial score (nSPS) is 28.3. The topological polar surface area (TPSA) is 56.5 Å². The summed E-state index contributed by atoms with van der Waals surface area (Å²) in [6.07, 6.45) is 17.4. The molecule has 2 unspecified atom stereocenters. The van der Waals surface area contributed by atoms with Crippen molar-refractivity contribution in [1.29, 1.82) is 5.26 Å². The number of rotatable bonds is 3. The van der Waals surface area contributed by atoms with Crippen LogP contribution in [0.3, 0.4) is 0 Å². The fourth-order valence-electron chi connectivity index (χ4n) is 6.26. The van der Waals surface area contributed by atoms with E-state index in [-0.39, 0.29) is 17.4 Å². The highest BCUT2D eigenvalue weighted by Gasteiger charge is 2.45. The van der Waals surface area contributed by atoms with Crippen molar-refractivity contribution in [3.8, 4) is 6.07 Å². The summed E-state index contributed by atoms with van der Waals surface area (Å²) in [5.41, 5.74) is 6.13. The van der Waals surface area contributed by atoms with Crippen LogP contribution in [0.1, 0.15) is 68.9 Å². The van der Waals surface area contributed by atoms with Crippen LogP contribution in [0, 0.1) is 23.2 Å². The quantitative estimate of drug-likeness (QED) is 0.649. The van der Waals surface area contributed by atoms with E-state index in [0.717, 1.165) is 62.8 Å². The van der Waals surface area contributed by atoms with Crippen LogP contribution in [0.15, 0.2) is 47.0 Å².